The lowest BCUT2D eigenvalue weighted by Gasteiger charge is -1.93. The standard InChI is InChI=1S/C4H7NO4.H4O4Si/c6-3(7)1-5-2-4(8)9;1-5(2,3)4/h5H,1-2H2,(H,6,7)(H,8,9);1-4H. The zero-order valence-electron chi connectivity index (χ0n) is 6.91. The summed E-state index contributed by atoms with van der Waals surface area (Å²) in [4.78, 5) is 48.8. The van der Waals surface area contributed by atoms with Crippen LogP contribution in [0.5, 0.6) is 0 Å². The smallest absolute Gasteiger partial charge is 0.480 e. The summed E-state index contributed by atoms with van der Waals surface area (Å²) in [6.07, 6.45) is 0. The summed E-state index contributed by atoms with van der Waals surface area (Å²) in [5.74, 6) is -2.12. The van der Waals surface area contributed by atoms with E-state index < -0.39 is 21.0 Å². The molecule has 0 amide bonds. The van der Waals surface area contributed by atoms with Gasteiger partial charge in [-0.25, -0.2) is 0 Å². The van der Waals surface area contributed by atoms with E-state index in [-0.39, 0.29) is 13.1 Å². The van der Waals surface area contributed by atoms with Crippen LogP contribution in [0.25, 0.3) is 0 Å². The summed E-state index contributed by atoms with van der Waals surface area (Å²) in [6.45, 7) is -0.626. The Morgan fingerprint density at radius 1 is 0.929 bits per heavy atom. The third-order valence-electron chi connectivity index (χ3n) is 0.552. The molecule has 14 heavy (non-hydrogen) atoms. The number of hydrogen-bond donors (Lipinski definition) is 7. The fraction of sp³-hybridized carbons (Fsp3) is 0.500. The fourth-order valence-electron chi connectivity index (χ4n) is 0.276. The van der Waals surface area contributed by atoms with Crippen molar-refractivity contribution in [3.63, 3.8) is 0 Å². The molecular weight excluding hydrogens is 218 g/mol. The summed E-state index contributed by atoms with van der Waals surface area (Å²) in [7, 11) is -4.61. The van der Waals surface area contributed by atoms with Gasteiger partial charge in [-0.15, -0.1) is 0 Å². The van der Waals surface area contributed by atoms with Gasteiger partial charge in [-0.2, -0.15) is 0 Å². The molecule has 0 aliphatic carbocycles. The van der Waals surface area contributed by atoms with Gasteiger partial charge in [0.1, 0.15) is 0 Å². The molecule has 0 heterocycles. The van der Waals surface area contributed by atoms with E-state index in [9.17, 15) is 9.59 Å². The molecule has 0 rings (SSSR count). The number of rotatable bonds is 4. The second-order valence-electron chi connectivity index (χ2n) is 1.99. The second kappa shape index (κ2) is 7.37. The van der Waals surface area contributed by atoms with Crippen molar-refractivity contribution in [2.24, 2.45) is 0 Å². The van der Waals surface area contributed by atoms with E-state index in [2.05, 4.69) is 5.32 Å². The van der Waals surface area contributed by atoms with E-state index in [0.29, 0.717) is 0 Å². The van der Waals surface area contributed by atoms with Gasteiger partial charge in [0.05, 0.1) is 13.1 Å². The highest BCUT2D eigenvalue weighted by Gasteiger charge is 2.22. The van der Waals surface area contributed by atoms with Crippen molar-refractivity contribution in [1.29, 1.82) is 0 Å². The number of aliphatic carboxylic acids is 2. The van der Waals surface area contributed by atoms with Crippen LogP contribution in [0.3, 0.4) is 0 Å². The molecular formula is C4H11NO8Si. The normalized spacial score (nSPS) is 10.0. The van der Waals surface area contributed by atoms with Crippen molar-refractivity contribution in [1.82, 2.24) is 5.32 Å². The first kappa shape index (κ1) is 15.4. The van der Waals surface area contributed by atoms with Crippen molar-refractivity contribution in [2.75, 3.05) is 13.1 Å². The minimum absolute atomic E-state index is 0.313. The summed E-state index contributed by atoms with van der Waals surface area (Å²) in [5.41, 5.74) is 0. The molecule has 7 N–H and O–H groups in total. The molecule has 0 aromatic heterocycles. The van der Waals surface area contributed by atoms with Crippen LogP contribution in [-0.2, 0) is 9.59 Å². The molecule has 0 unspecified atom stereocenters. The maximum absolute atomic E-state index is 9.73. The highest BCUT2D eigenvalue weighted by Crippen LogP contribution is 1.67. The van der Waals surface area contributed by atoms with Gasteiger partial charge < -0.3 is 29.4 Å². The predicted octanol–water partition coefficient (Wildman–Crippen LogP) is -3.86. The largest absolute Gasteiger partial charge is 0.668 e. The zero-order valence-corrected chi connectivity index (χ0v) is 7.91. The fourth-order valence-corrected chi connectivity index (χ4v) is 0.276. The van der Waals surface area contributed by atoms with Crippen molar-refractivity contribution in [2.45, 2.75) is 0 Å². The lowest BCUT2D eigenvalue weighted by atomic mass is 10.6. The van der Waals surface area contributed by atoms with Crippen molar-refractivity contribution < 1.29 is 39.0 Å². The first-order valence-corrected chi connectivity index (χ1v) is 4.95. The molecule has 0 spiro atoms. The van der Waals surface area contributed by atoms with Crippen molar-refractivity contribution in [3.05, 3.63) is 0 Å². The van der Waals surface area contributed by atoms with Gasteiger partial charge in [-0.1, -0.05) is 0 Å². The Morgan fingerprint density at radius 3 is 1.29 bits per heavy atom. The molecule has 10 heteroatoms. The maximum atomic E-state index is 9.73. The third-order valence-corrected chi connectivity index (χ3v) is 0.552. The van der Waals surface area contributed by atoms with Crippen molar-refractivity contribution in [3.8, 4) is 0 Å². The number of carbonyl (C=O) groups is 2. The number of hydrogen-bond acceptors (Lipinski definition) is 7. The Hall–Kier alpha value is -1.04. The van der Waals surface area contributed by atoms with Crippen LogP contribution in [0.15, 0.2) is 0 Å². The molecule has 0 saturated heterocycles. The lowest BCUT2D eigenvalue weighted by Crippen LogP contribution is -2.33. The number of nitrogens with one attached hydrogen (secondary N) is 1. The van der Waals surface area contributed by atoms with Crippen LogP contribution in [-0.4, -0.2) is 63.5 Å². The van der Waals surface area contributed by atoms with Crippen LogP contribution in [0.4, 0.5) is 0 Å². The highest BCUT2D eigenvalue weighted by atomic mass is 28.4. The van der Waals surface area contributed by atoms with E-state index >= 15 is 0 Å². The van der Waals surface area contributed by atoms with Crippen LogP contribution < -0.4 is 5.32 Å². The molecule has 0 aliphatic rings. The summed E-state index contributed by atoms with van der Waals surface area (Å²) in [5, 5.41) is 18.1. The number of carboxylic acid groups (broad SMARTS) is 2. The molecule has 0 atom stereocenters. The number of carboxylic acids is 2. The molecule has 9 nitrogen and oxygen atoms in total. The monoisotopic (exact) mass is 229 g/mol. The second-order valence-corrected chi connectivity index (χ2v) is 3.19. The van der Waals surface area contributed by atoms with Crippen LogP contribution in [0, 0.1) is 0 Å². The molecule has 0 radical (unpaired) electrons. The van der Waals surface area contributed by atoms with Gasteiger partial charge >= 0.3 is 21.0 Å². The third kappa shape index (κ3) is 44.2. The summed E-state index contributed by atoms with van der Waals surface area (Å²) < 4.78 is 0. The maximum Gasteiger partial charge on any atom is 0.668 e. The van der Waals surface area contributed by atoms with Crippen LogP contribution in [0.1, 0.15) is 0 Å². The van der Waals surface area contributed by atoms with Crippen molar-refractivity contribution >= 4 is 21.0 Å². The Labute approximate surface area is 79.4 Å². The average Bonchev–Trinajstić information content (AvgIpc) is 1.80. The van der Waals surface area contributed by atoms with Gasteiger partial charge in [0.25, 0.3) is 0 Å². The van der Waals surface area contributed by atoms with E-state index in [0.717, 1.165) is 0 Å². The van der Waals surface area contributed by atoms with E-state index in [1.807, 2.05) is 0 Å². The Kier molecular flexibility index (Phi) is 8.12. The first-order valence-electron chi connectivity index (χ1n) is 3.16. The SMILES string of the molecule is O=C(O)CNCC(=O)O.O[Si](O)(O)O. The van der Waals surface area contributed by atoms with Gasteiger partial charge in [0, 0.05) is 0 Å². The molecule has 0 bridgehead atoms. The molecule has 0 saturated carbocycles. The quantitative estimate of drug-likeness (QED) is 0.238. The zero-order chi connectivity index (χ0) is 11.8. The lowest BCUT2D eigenvalue weighted by molar-refractivity contribution is -0.137. The van der Waals surface area contributed by atoms with Gasteiger partial charge in [0.15, 0.2) is 0 Å². The molecule has 0 aromatic carbocycles. The van der Waals surface area contributed by atoms with Gasteiger partial charge in [-0.05, 0) is 0 Å². The highest BCUT2D eigenvalue weighted by molar-refractivity contribution is 6.46. The average molecular weight is 229 g/mol. The molecule has 0 aromatic rings. The van der Waals surface area contributed by atoms with E-state index in [4.69, 9.17) is 29.4 Å². The van der Waals surface area contributed by atoms with Crippen LogP contribution in [0.2, 0.25) is 0 Å². The molecule has 84 valence electrons. The molecule has 0 aliphatic heterocycles. The summed E-state index contributed by atoms with van der Waals surface area (Å²) in [6, 6.07) is 0. The van der Waals surface area contributed by atoms with E-state index in [1.165, 1.54) is 0 Å². The molecule has 0 fully saturated rings. The minimum atomic E-state index is -4.61. The Balaban J connectivity index is 0. The topological polar surface area (TPSA) is 168 Å². The van der Waals surface area contributed by atoms with E-state index in [1.54, 1.807) is 0 Å². The predicted molar refractivity (Wildman–Crippen MR) is 42.8 cm³/mol. The Morgan fingerprint density at radius 2 is 1.14 bits per heavy atom. The minimum Gasteiger partial charge on any atom is -0.480 e. The Bertz CT molecular complexity index is 168. The van der Waals surface area contributed by atoms with Crippen LogP contribution >= 0.6 is 0 Å². The van der Waals surface area contributed by atoms with Gasteiger partial charge in [-0.3, -0.25) is 14.9 Å². The summed E-state index contributed by atoms with van der Waals surface area (Å²) >= 11 is 0. The first-order chi connectivity index (χ1) is 6.13. The van der Waals surface area contributed by atoms with Gasteiger partial charge in [0.2, 0.25) is 0 Å².